The molecule has 0 radical (unpaired) electrons. The highest BCUT2D eigenvalue weighted by Gasteiger charge is 2.06. The lowest BCUT2D eigenvalue weighted by Crippen LogP contribution is -1.88. The van der Waals surface area contributed by atoms with E-state index in [0.29, 0.717) is 0 Å². The lowest BCUT2D eigenvalue weighted by atomic mass is 10.1. The van der Waals surface area contributed by atoms with Gasteiger partial charge >= 0.3 is 0 Å². The molecule has 1 aromatic heterocycles. The molecule has 70 valence electrons. The zero-order valence-corrected chi connectivity index (χ0v) is 8.67. The Balaban J connectivity index is 3.31. The molecule has 1 rings (SSSR count). The Morgan fingerprint density at radius 3 is 2.69 bits per heavy atom. The van der Waals surface area contributed by atoms with E-state index in [-0.39, 0.29) is 0 Å². The molecule has 0 amide bonds. The number of allylic oxidation sites excluding steroid dienone is 1. The first-order chi connectivity index (χ1) is 6.24. The smallest absolute Gasteiger partial charge is 0.0474 e. The van der Waals surface area contributed by atoms with Gasteiger partial charge in [0.15, 0.2) is 0 Å². The summed E-state index contributed by atoms with van der Waals surface area (Å²) in [5.41, 5.74) is 3.90. The van der Waals surface area contributed by atoms with Gasteiger partial charge in [0.05, 0.1) is 0 Å². The van der Waals surface area contributed by atoms with Gasteiger partial charge in [-0.25, -0.2) is 0 Å². The van der Waals surface area contributed by atoms with E-state index in [9.17, 15) is 0 Å². The van der Waals surface area contributed by atoms with E-state index >= 15 is 0 Å². The summed E-state index contributed by atoms with van der Waals surface area (Å²) in [7, 11) is 2.06. The summed E-state index contributed by atoms with van der Waals surface area (Å²) in [6, 6.07) is 0. The van der Waals surface area contributed by atoms with Crippen molar-refractivity contribution < 1.29 is 0 Å². The van der Waals surface area contributed by atoms with Crippen molar-refractivity contribution in [3.8, 4) is 0 Å². The van der Waals surface area contributed by atoms with Crippen molar-refractivity contribution in [1.82, 2.24) is 4.57 Å². The summed E-state index contributed by atoms with van der Waals surface area (Å²) in [4.78, 5) is 0. The predicted molar refractivity (Wildman–Crippen MR) is 59.6 cm³/mol. The van der Waals surface area contributed by atoms with E-state index in [0.717, 1.165) is 6.42 Å². The van der Waals surface area contributed by atoms with Gasteiger partial charge in [-0.1, -0.05) is 25.7 Å². The fourth-order valence-corrected chi connectivity index (χ4v) is 1.62. The number of nitrogens with zero attached hydrogens (tertiary/aromatic N) is 1. The maximum atomic E-state index is 3.83. The van der Waals surface area contributed by atoms with Crippen LogP contribution >= 0.6 is 0 Å². The van der Waals surface area contributed by atoms with Crippen LogP contribution in [0.25, 0.3) is 12.2 Å². The quantitative estimate of drug-likeness (QED) is 0.664. The van der Waals surface area contributed by atoms with E-state index in [1.54, 1.807) is 0 Å². The van der Waals surface area contributed by atoms with Gasteiger partial charge in [-0.05, 0) is 25.0 Å². The average Bonchev–Trinajstić information content (AvgIpc) is 2.43. The maximum Gasteiger partial charge on any atom is 0.0474 e. The molecule has 0 bridgehead atoms. The van der Waals surface area contributed by atoms with Crippen LogP contribution in [0.2, 0.25) is 0 Å². The largest absolute Gasteiger partial charge is 0.350 e. The van der Waals surface area contributed by atoms with Crippen molar-refractivity contribution in [2.75, 3.05) is 0 Å². The molecule has 0 aliphatic carbocycles. The number of hydrogen-bond donors (Lipinski definition) is 0. The molecule has 0 aliphatic heterocycles. The third-order valence-corrected chi connectivity index (χ3v) is 2.26. The molecule has 13 heavy (non-hydrogen) atoms. The standard InChI is InChI=1S/C12H17N/c1-5-8-11-10(6-2)9-13(4)12(11)7-3/h5,7-9H,3,6H2,1-2,4H3/b8-5-. The minimum absolute atomic E-state index is 1.07. The minimum atomic E-state index is 1.07. The van der Waals surface area contributed by atoms with Crippen molar-refractivity contribution in [2.45, 2.75) is 20.3 Å². The maximum absolute atomic E-state index is 3.83. The third-order valence-electron chi connectivity index (χ3n) is 2.26. The molecule has 0 fully saturated rings. The molecule has 1 nitrogen and oxygen atoms in total. The zero-order chi connectivity index (χ0) is 9.84. The van der Waals surface area contributed by atoms with Gasteiger partial charge in [0.25, 0.3) is 0 Å². The zero-order valence-electron chi connectivity index (χ0n) is 8.67. The first kappa shape index (κ1) is 9.85. The minimum Gasteiger partial charge on any atom is -0.350 e. The molecule has 1 aromatic rings. The van der Waals surface area contributed by atoms with Crippen LogP contribution in [0.15, 0.2) is 18.9 Å². The first-order valence-electron chi connectivity index (χ1n) is 4.67. The normalized spacial score (nSPS) is 11.0. The van der Waals surface area contributed by atoms with Gasteiger partial charge in [-0.15, -0.1) is 0 Å². The van der Waals surface area contributed by atoms with Crippen LogP contribution in [-0.4, -0.2) is 4.57 Å². The van der Waals surface area contributed by atoms with Crippen molar-refractivity contribution in [3.63, 3.8) is 0 Å². The van der Waals surface area contributed by atoms with Crippen LogP contribution in [0.1, 0.15) is 30.7 Å². The fourth-order valence-electron chi connectivity index (χ4n) is 1.62. The van der Waals surface area contributed by atoms with Crippen molar-refractivity contribution >= 4 is 12.2 Å². The lowest BCUT2D eigenvalue weighted by molar-refractivity contribution is 0.907. The molecule has 0 spiro atoms. The molecule has 0 saturated heterocycles. The second-order valence-corrected chi connectivity index (χ2v) is 3.12. The van der Waals surface area contributed by atoms with E-state index in [1.807, 2.05) is 13.0 Å². The monoisotopic (exact) mass is 175 g/mol. The SMILES string of the molecule is C=Cc1c(/C=C\C)c(CC)cn1C. The summed E-state index contributed by atoms with van der Waals surface area (Å²) in [5.74, 6) is 0. The summed E-state index contributed by atoms with van der Waals surface area (Å²) in [6.07, 6.45) is 9.37. The van der Waals surface area contributed by atoms with Crippen molar-refractivity contribution in [3.05, 3.63) is 35.7 Å². The second kappa shape index (κ2) is 4.13. The number of aromatic nitrogens is 1. The van der Waals surface area contributed by atoms with Gasteiger partial charge in [0.2, 0.25) is 0 Å². The molecular weight excluding hydrogens is 158 g/mol. The lowest BCUT2D eigenvalue weighted by Gasteiger charge is -1.98. The topological polar surface area (TPSA) is 4.93 Å². The average molecular weight is 175 g/mol. The Morgan fingerprint density at radius 2 is 2.23 bits per heavy atom. The Morgan fingerprint density at radius 1 is 1.54 bits per heavy atom. The van der Waals surface area contributed by atoms with Crippen molar-refractivity contribution in [1.29, 1.82) is 0 Å². The van der Waals surface area contributed by atoms with Crippen LogP contribution in [-0.2, 0) is 13.5 Å². The van der Waals surface area contributed by atoms with Gasteiger partial charge in [-0.2, -0.15) is 0 Å². The summed E-state index contributed by atoms with van der Waals surface area (Å²) < 4.78 is 2.13. The second-order valence-electron chi connectivity index (χ2n) is 3.12. The van der Waals surface area contributed by atoms with Gasteiger partial charge in [-0.3, -0.25) is 0 Å². The Labute approximate surface area is 80.4 Å². The molecule has 0 N–H and O–H groups in total. The number of hydrogen-bond acceptors (Lipinski definition) is 0. The Hall–Kier alpha value is -1.24. The third kappa shape index (κ3) is 1.74. The number of rotatable bonds is 3. The van der Waals surface area contributed by atoms with Gasteiger partial charge < -0.3 is 4.57 Å². The molecule has 0 unspecified atom stereocenters. The summed E-state index contributed by atoms with van der Waals surface area (Å²) >= 11 is 0. The van der Waals surface area contributed by atoms with Gasteiger partial charge in [0.1, 0.15) is 0 Å². The van der Waals surface area contributed by atoms with E-state index in [1.165, 1.54) is 16.8 Å². The Kier molecular flexibility index (Phi) is 3.13. The van der Waals surface area contributed by atoms with E-state index < -0.39 is 0 Å². The summed E-state index contributed by atoms with van der Waals surface area (Å²) in [6.45, 7) is 8.04. The van der Waals surface area contributed by atoms with Crippen LogP contribution in [0.4, 0.5) is 0 Å². The Bertz CT molecular complexity index is 329. The van der Waals surface area contributed by atoms with Crippen LogP contribution in [0.3, 0.4) is 0 Å². The molecule has 0 atom stereocenters. The first-order valence-corrected chi connectivity index (χ1v) is 4.67. The highest BCUT2D eigenvalue weighted by Crippen LogP contribution is 2.20. The highest BCUT2D eigenvalue weighted by molar-refractivity contribution is 5.65. The molecule has 0 aromatic carbocycles. The molecule has 0 saturated carbocycles. The number of aryl methyl sites for hydroxylation is 2. The fraction of sp³-hybridized carbons (Fsp3) is 0.333. The molecule has 0 aliphatic rings. The molecular formula is C12H17N. The van der Waals surface area contributed by atoms with Crippen LogP contribution in [0.5, 0.6) is 0 Å². The molecule has 1 heterocycles. The summed E-state index contributed by atoms with van der Waals surface area (Å²) in [5, 5.41) is 0. The van der Waals surface area contributed by atoms with Crippen LogP contribution < -0.4 is 0 Å². The van der Waals surface area contributed by atoms with E-state index in [4.69, 9.17) is 0 Å². The predicted octanol–water partition coefficient (Wildman–Crippen LogP) is 3.26. The van der Waals surface area contributed by atoms with Crippen LogP contribution in [0, 0.1) is 0 Å². The highest BCUT2D eigenvalue weighted by atomic mass is 14.9. The van der Waals surface area contributed by atoms with Crippen molar-refractivity contribution in [2.24, 2.45) is 7.05 Å². The van der Waals surface area contributed by atoms with E-state index in [2.05, 4.69) is 43.5 Å². The molecule has 1 heteroatoms. The van der Waals surface area contributed by atoms with Gasteiger partial charge in [0, 0.05) is 24.5 Å².